The predicted octanol–water partition coefficient (Wildman–Crippen LogP) is 2.07. The van der Waals surface area contributed by atoms with Gasteiger partial charge in [0, 0.05) is 25.6 Å². The normalized spacial score (nSPS) is 20.8. The molecular weight excluding hydrogens is 334 g/mol. The molecule has 0 radical (unpaired) electrons. The quantitative estimate of drug-likeness (QED) is 0.744. The van der Waals surface area contributed by atoms with Gasteiger partial charge in [0.1, 0.15) is 11.9 Å². The summed E-state index contributed by atoms with van der Waals surface area (Å²) in [6, 6.07) is 3.69. The van der Waals surface area contributed by atoms with E-state index in [1.165, 1.54) is 7.11 Å². The third-order valence-electron chi connectivity index (χ3n) is 5.03. The van der Waals surface area contributed by atoms with Gasteiger partial charge in [-0.3, -0.25) is 0 Å². The van der Waals surface area contributed by atoms with E-state index >= 15 is 0 Å². The zero-order valence-electron chi connectivity index (χ0n) is 15.4. The van der Waals surface area contributed by atoms with Crippen LogP contribution in [0.4, 0.5) is 5.82 Å². The Morgan fingerprint density at radius 2 is 2.19 bits per heavy atom. The number of carbonyl (C=O) groups is 1. The SMILES string of the molecule is COC(=O)c1cc(C)c(N2CCC(OCC3CCOC3)CC2)nc1C#N. The number of aromatic nitrogens is 1. The Morgan fingerprint density at radius 1 is 1.42 bits per heavy atom. The first-order chi connectivity index (χ1) is 12.6. The van der Waals surface area contributed by atoms with Gasteiger partial charge >= 0.3 is 5.97 Å². The number of nitriles is 1. The first kappa shape index (κ1) is 18.6. The van der Waals surface area contributed by atoms with Crippen molar-refractivity contribution >= 4 is 11.8 Å². The number of aryl methyl sites for hydroxylation is 1. The van der Waals surface area contributed by atoms with Crippen LogP contribution < -0.4 is 4.90 Å². The Labute approximate surface area is 153 Å². The standard InChI is InChI=1S/C19H25N3O4/c1-13-9-16(19(23)24-2)17(10-20)21-18(13)22-6-3-15(4-7-22)26-12-14-5-8-25-11-14/h9,14-15H,3-8,11-12H2,1-2H3. The summed E-state index contributed by atoms with van der Waals surface area (Å²) in [6.45, 7) is 5.98. The Kier molecular flexibility index (Phi) is 6.07. The molecule has 2 aliphatic rings. The van der Waals surface area contributed by atoms with E-state index in [1.807, 2.05) is 13.0 Å². The van der Waals surface area contributed by atoms with Crippen molar-refractivity contribution < 1.29 is 19.0 Å². The number of rotatable bonds is 5. The summed E-state index contributed by atoms with van der Waals surface area (Å²) < 4.78 is 16.2. The van der Waals surface area contributed by atoms with Crippen molar-refractivity contribution in [2.75, 3.05) is 44.9 Å². The summed E-state index contributed by atoms with van der Waals surface area (Å²) in [7, 11) is 1.30. The fourth-order valence-electron chi connectivity index (χ4n) is 3.50. The summed E-state index contributed by atoms with van der Waals surface area (Å²) in [5, 5.41) is 9.32. The average molecular weight is 359 g/mol. The van der Waals surface area contributed by atoms with Crippen LogP contribution in [0.3, 0.4) is 0 Å². The molecule has 2 fully saturated rings. The summed E-state index contributed by atoms with van der Waals surface area (Å²) in [6.07, 6.45) is 3.20. The van der Waals surface area contributed by atoms with Crippen LogP contribution in [-0.4, -0.2) is 57.1 Å². The number of nitrogens with zero attached hydrogens (tertiary/aromatic N) is 3. The van der Waals surface area contributed by atoms with Gasteiger partial charge in [-0.05, 0) is 37.8 Å². The molecule has 2 saturated heterocycles. The Morgan fingerprint density at radius 3 is 2.81 bits per heavy atom. The molecule has 1 aromatic rings. The zero-order chi connectivity index (χ0) is 18.5. The van der Waals surface area contributed by atoms with Gasteiger partial charge in [-0.25, -0.2) is 9.78 Å². The van der Waals surface area contributed by atoms with Crippen LogP contribution in [0, 0.1) is 24.2 Å². The zero-order valence-corrected chi connectivity index (χ0v) is 15.4. The number of ether oxygens (including phenoxy) is 3. The Bertz CT molecular complexity index is 687. The van der Waals surface area contributed by atoms with Gasteiger partial charge < -0.3 is 19.1 Å². The van der Waals surface area contributed by atoms with E-state index < -0.39 is 5.97 Å². The fraction of sp³-hybridized carbons (Fsp3) is 0.632. The molecule has 26 heavy (non-hydrogen) atoms. The molecule has 0 aromatic carbocycles. The highest BCUT2D eigenvalue weighted by molar-refractivity contribution is 5.92. The second kappa shape index (κ2) is 8.47. The van der Waals surface area contributed by atoms with Crippen molar-refractivity contribution in [1.29, 1.82) is 5.26 Å². The highest BCUT2D eigenvalue weighted by atomic mass is 16.5. The van der Waals surface area contributed by atoms with Crippen LogP contribution in [0.15, 0.2) is 6.07 Å². The molecule has 140 valence electrons. The summed E-state index contributed by atoms with van der Waals surface area (Å²) in [5.74, 6) is 0.754. The van der Waals surface area contributed by atoms with Crippen molar-refractivity contribution in [2.24, 2.45) is 5.92 Å². The van der Waals surface area contributed by atoms with E-state index in [4.69, 9.17) is 14.2 Å². The number of anilines is 1. The van der Waals surface area contributed by atoms with Crippen molar-refractivity contribution in [3.05, 3.63) is 22.9 Å². The number of esters is 1. The van der Waals surface area contributed by atoms with Crippen molar-refractivity contribution in [2.45, 2.75) is 32.3 Å². The van der Waals surface area contributed by atoms with E-state index in [1.54, 1.807) is 6.07 Å². The summed E-state index contributed by atoms with van der Waals surface area (Å²) in [4.78, 5) is 18.4. The number of carbonyl (C=O) groups excluding carboxylic acids is 1. The molecule has 0 saturated carbocycles. The molecule has 7 heteroatoms. The Balaban J connectivity index is 1.61. The van der Waals surface area contributed by atoms with Crippen molar-refractivity contribution in [1.82, 2.24) is 4.98 Å². The van der Waals surface area contributed by atoms with Crippen LogP contribution in [-0.2, 0) is 14.2 Å². The highest BCUT2D eigenvalue weighted by Gasteiger charge is 2.25. The first-order valence-electron chi connectivity index (χ1n) is 9.06. The van der Waals surface area contributed by atoms with Crippen LogP contribution in [0.2, 0.25) is 0 Å². The van der Waals surface area contributed by atoms with Gasteiger partial charge in [-0.2, -0.15) is 5.26 Å². The molecule has 1 atom stereocenters. The van der Waals surface area contributed by atoms with E-state index in [0.29, 0.717) is 5.92 Å². The van der Waals surface area contributed by atoms with E-state index in [-0.39, 0.29) is 17.4 Å². The molecule has 0 N–H and O–H groups in total. The van der Waals surface area contributed by atoms with Crippen LogP contribution in [0.5, 0.6) is 0 Å². The van der Waals surface area contributed by atoms with Gasteiger partial charge in [-0.15, -0.1) is 0 Å². The van der Waals surface area contributed by atoms with Gasteiger partial charge in [-0.1, -0.05) is 0 Å². The lowest BCUT2D eigenvalue weighted by Crippen LogP contribution is -2.38. The van der Waals surface area contributed by atoms with Crippen LogP contribution in [0.25, 0.3) is 0 Å². The molecule has 3 rings (SSSR count). The van der Waals surface area contributed by atoms with Gasteiger partial charge in [0.05, 0.1) is 32.0 Å². The maximum Gasteiger partial charge on any atom is 0.340 e. The van der Waals surface area contributed by atoms with Gasteiger partial charge in [0.15, 0.2) is 5.69 Å². The molecule has 1 aromatic heterocycles. The summed E-state index contributed by atoms with van der Waals surface area (Å²) in [5.41, 5.74) is 1.19. The van der Waals surface area contributed by atoms with Gasteiger partial charge in [0.25, 0.3) is 0 Å². The number of methoxy groups -OCH3 is 1. The smallest absolute Gasteiger partial charge is 0.340 e. The molecule has 7 nitrogen and oxygen atoms in total. The molecule has 3 heterocycles. The maximum atomic E-state index is 11.8. The number of piperidine rings is 1. The second-order valence-corrected chi connectivity index (χ2v) is 6.88. The fourth-order valence-corrected chi connectivity index (χ4v) is 3.50. The van der Waals surface area contributed by atoms with Crippen LogP contribution >= 0.6 is 0 Å². The van der Waals surface area contributed by atoms with Crippen molar-refractivity contribution in [3.8, 4) is 6.07 Å². The lowest BCUT2D eigenvalue weighted by molar-refractivity contribution is 0.0131. The minimum Gasteiger partial charge on any atom is -0.465 e. The van der Waals surface area contributed by atoms with E-state index in [2.05, 4.69) is 9.88 Å². The van der Waals surface area contributed by atoms with E-state index in [0.717, 1.165) is 63.6 Å². The monoisotopic (exact) mass is 359 g/mol. The minimum atomic E-state index is -0.535. The van der Waals surface area contributed by atoms with Gasteiger partial charge in [0.2, 0.25) is 0 Å². The molecule has 0 bridgehead atoms. The third-order valence-corrected chi connectivity index (χ3v) is 5.03. The van der Waals surface area contributed by atoms with Crippen LogP contribution in [0.1, 0.15) is 40.9 Å². The minimum absolute atomic E-state index is 0.108. The highest BCUT2D eigenvalue weighted by Crippen LogP contribution is 2.26. The third kappa shape index (κ3) is 4.14. The predicted molar refractivity (Wildman–Crippen MR) is 95.1 cm³/mol. The first-order valence-corrected chi connectivity index (χ1v) is 9.06. The molecular formula is C19H25N3O4. The lowest BCUT2D eigenvalue weighted by Gasteiger charge is -2.34. The summed E-state index contributed by atoms with van der Waals surface area (Å²) >= 11 is 0. The lowest BCUT2D eigenvalue weighted by atomic mass is 10.1. The number of pyridine rings is 1. The second-order valence-electron chi connectivity index (χ2n) is 6.88. The average Bonchev–Trinajstić information content (AvgIpc) is 3.19. The topological polar surface area (TPSA) is 84.7 Å². The number of hydrogen-bond acceptors (Lipinski definition) is 7. The molecule has 0 spiro atoms. The molecule has 2 aliphatic heterocycles. The molecule has 0 amide bonds. The van der Waals surface area contributed by atoms with Crippen molar-refractivity contribution in [3.63, 3.8) is 0 Å². The maximum absolute atomic E-state index is 11.8. The molecule has 0 aliphatic carbocycles. The molecule has 1 unspecified atom stereocenters. The van der Waals surface area contributed by atoms with E-state index in [9.17, 15) is 10.1 Å². The largest absolute Gasteiger partial charge is 0.465 e. The number of hydrogen-bond donors (Lipinski definition) is 0. The Hall–Kier alpha value is -2.17.